The van der Waals surface area contributed by atoms with E-state index in [9.17, 15) is 5.11 Å². The van der Waals surface area contributed by atoms with Crippen molar-refractivity contribution in [3.63, 3.8) is 0 Å². The van der Waals surface area contributed by atoms with Crippen LogP contribution in [-0.2, 0) is 9.59 Å². The van der Waals surface area contributed by atoms with E-state index in [1.807, 2.05) is 54.6 Å². The first-order chi connectivity index (χ1) is 18.6. The third kappa shape index (κ3) is 8.31. The zero-order valence-corrected chi connectivity index (χ0v) is 23.7. The summed E-state index contributed by atoms with van der Waals surface area (Å²) in [6, 6.07) is 17.5. The summed E-state index contributed by atoms with van der Waals surface area (Å²) in [5, 5.41) is 31.3. The van der Waals surface area contributed by atoms with Gasteiger partial charge in [-0.05, 0) is 94.4 Å². The van der Waals surface area contributed by atoms with E-state index in [4.69, 9.17) is 54.6 Å². The Labute approximate surface area is 242 Å². The largest absolute Gasteiger partial charge is 0.473 e. The van der Waals surface area contributed by atoms with E-state index >= 15 is 0 Å². The van der Waals surface area contributed by atoms with Crippen LogP contribution in [-0.4, -0.2) is 40.3 Å². The Hall–Kier alpha value is -2.87. The van der Waals surface area contributed by atoms with Crippen molar-refractivity contribution in [3.05, 3.63) is 91.9 Å². The Bertz CT molecular complexity index is 1340. The van der Waals surface area contributed by atoms with Gasteiger partial charge in [-0.3, -0.25) is 0 Å². The van der Waals surface area contributed by atoms with E-state index < -0.39 is 18.0 Å². The first-order valence-electron chi connectivity index (χ1n) is 12.6. The lowest BCUT2D eigenvalue weighted by Gasteiger charge is -2.17. The highest BCUT2D eigenvalue weighted by Crippen LogP contribution is 2.49. The maximum absolute atomic E-state index is 11.1. The zero-order valence-electron chi connectivity index (χ0n) is 21.4. The van der Waals surface area contributed by atoms with Gasteiger partial charge in [-0.15, -0.1) is 0 Å². The van der Waals surface area contributed by atoms with Gasteiger partial charge in [0.2, 0.25) is 0 Å². The summed E-state index contributed by atoms with van der Waals surface area (Å²) < 4.78 is 0. The van der Waals surface area contributed by atoms with Crippen molar-refractivity contribution < 1.29 is 24.9 Å². The summed E-state index contributed by atoms with van der Waals surface area (Å²) in [6.45, 7) is 3.59. The first-order valence-corrected chi connectivity index (χ1v) is 13.7. The summed E-state index contributed by atoms with van der Waals surface area (Å²) in [4.78, 5) is 18.2. The van der Waals surface area contributed by atoms with Gasteiger partial charge in [0.1, 0.15) is 0 Å². The van der Waals surface area contributed by atoms with Crippen molar-refractivity contribution in [3.8, 4) is 11.1 Å². The number of benzene rings is 3. The molecule has 39 heavy (non-hydrogen) atoms. The van der Waals surface area contributed by atoms with Gasteiger partial charge in [0.15, 0.2) is 0 Å². The quantitative estimate of drug-likeness (QED) is 0.118. The van der Waals surface area contributed by atoms with Crippen LogP contribution in [0.3, 0.4) is 0 Å². The molecule has 1 unspecified atom stereocenters. The first kappa shape index (κ1) is 30.7. The van der Waals surface area contributed by atoms with E-state index in [1.165, 1.54) is 19.3 Å². The highest BCUT2D eigenvalue weighted by atomic mass is 35.5. The molecule has 0 aromatic heterocycles. The van der Waals surface area contributed by atoms with E-state index in [0.29, 0.717) is 21.6 Å². The Morgan fingerprint density at radius 1 is 0.821 bits per heavy atom. The number of rotatable bonds is 9. The molecule has 0 amide bonds. The van der Waals surface area contributed by atoms with Crippen LogP contribution in [0.1, 0.15) is 61.0 Å². The Kier molecular flexibility index (Phi) is 11.4. The molecule has 1 atom stereocenters. The molecule has 9 heteroatoms. The Morgan fingerprint density at radius 2 is 1.46 bits per heavy atom. The molecule has 6 nitrogen and oxygen atoms in total. The van der Waals surface area contributed by atoms with E-state index in [2.05, 4.69) is 18.3 Å². The van der Waals surface area contributed by atoms with Gasteiger partial charge in [-0.1, -0.05) is 79.2 Å². The van der Waals surface area contributed by atoms with E-state index in [1.54, 1.807) is 0 Å². The van der Waals surface area contributed by atoms with Gasteiger partial charge >= 0.3 is 11.9 Å². The number of unbranched alkanes of at least 4 members (excludes halogenated alkanes) is 3. The lowest BCUT2D eigenvalue weighted by Crippen LogP contribution is -2.23. The minimum atomic E-state index is -1.82. The standard InChI is InChI=1S/C28H28Cl3NO.C2H2O4/c1-2-3-4-5-12-32-17-27(33)26-16-21(31)15-25-23(13-18-6-8-19(29)9-7-18)24-14-20(30)10-11-22(24)28(25)26;3-1(4)2(5)6/h6-11,13-16,27,32-33H,2-5,12,17H2,1H3;(H,3,4)(H,5,6)/b23-13-;. The molecule has 0 aliphatic heterocycles. The van der Waals surface area contributed by atoms with Crippen LogP contribution in [0.2, 0.25) is 15.1 Å². The maximum Gasteiger partial charge on any atom is 0.414 e. The third-order valence-electron chi connectivity index (χ3n) is 6.23. The molecule has 4 N–H and O–H groups in total. The Balaban J connectivity index is 0.000000631. The second-order valence-electron chi connectivity index (χ2n) is 9.11. The molecule has 1 aliphatic carbocycles. The molecule has 0 fully saturated rings. The van der Waals surface area contributed by atoms with Crippen molar-refractivity contribution in [1.29, 1.82) is 0 Å². The monoisotopic (exact) mass is 589 g/mol. The molecule has 4 rings (SSSR count). The number of aliphatic hydroxyl groups is 1. The van der Waals surface area contributed by atoms with Gasteiger partial charge in [0.05, 0.1) is 6.10 Å². The van der Waals surface area contributed by atoms with Crippen molar-refractivity contribution in [1.82, 2.24) is 5.32 Å². The molecule has 0 radical (unpaired) electrons. The predicted molar refractivity (Wildman–Crippen MR) is 158 cm³/mol. The second kappa shape index (κ2) is 14.5. The average Bonchev–Trinajstić information content (AvgIpc) is 3.19. The van der Waals surface area contributed by atoms with Crippen LogP contribution in [0, 0.1) is 0 Å². The number of carboxylic acids is 2. The van der Waals surface area contributed by atoms with Gasteiger partial charge in [-0.2, -0.15) is 0 Å². The van der Waals surface area contributed by atoms with Crippen LogP contribution >= 0.6 is 34.8 Å². The number of hydrogen-bond acceptors (Lipinski definition) is 4. The van der Waals surface area contributed by atoms with Gasteiger partial charge in [0, 0.05) is 21.6 Å². The lowest BCUT2D eigenvalue weighted by molar-refractivity contribution is -0.159. The highest BCUT2D eigenvalue weighted by molar-refractivity contribution is 6.32. The molecule has 0 heterocycles. The maximum atomic E-state index is 11.1. The molecular weight excluding hydrogens is 561 g/mol. The van der Waals surface area contributed by atoms with Gasteiger partial charge in [0.25, 0.3) is 0 Å². The number of carbonyl (C=O) groups is 2. The number of aliphatic carboxylic acids is 2. The number of aliphatic hydroxyl groups excluding tert-OH is 1. The molecular formula is C30H30Cl3NO5. The topological polar surface area (TPSA) is 107 Å². The molecule has 0 saturated heterocycles. The summed E-state index contributed by atoms with van der Waals surface area (Å²) in [6.07, 6.45) is 6.24. The molecule has 206 valence electrons. The fourth-order valence-corrected chi connectivity index (χ4v) is 4.94. The fourth-order valence-electron chi connectivity index (χ4n) is 4.41. The van der Waals surface area contributed by atoms with Crippen LogP contribution in [0.5, 0.6) is 0 Å². The van der Waals surface area contributed by atoms with E-state index in [0.717, 1.165) is 51.9 Å². The molecule has 0 saturated carbocycles. The molecule has 0 bridgehead atoms. The van der Waals surface area contributed by atoms with Crippen LogP contribution in [0.4, 0.5) is 0 Å². The number of fused-ring (bicyclic) bond motifs is 3. The fraction of sp³-hybridized carbons (Fsp3) is 0.267. The molecule has 1 aliphatic rings. The minimum absolute atomic E-state index is 0.484. The van der Waals surface area contributed by atoms with Gasteiger partial charge in [-0.25, -0.2) is 9.59 Å². The van der Waals surface area contributed by atoms with Crippen LogP contribution < -0.4 is 5.32 Å². The van der Waals surface area contributed by atoms with Crippen molar-refractivity contribution >= 4 is 58.4 Å². The molecule has 3 aromatic carbocycles. The number of nitrogens with one attached hydrogen (secondary N) is 1. The highest BCUT2D eigenvalue weighted by Gasteiger charge is 2.29. The van der Waals surface area contributed by atoms with Gasteiger partial charge < -0.3 is 20.6 Å². The molecule has 3 aromatic rings. The molecule has 0 spiro atoms. The number of carboxylic acid groups (broad SMARTS) is 2. The van der Waals surface area contributed by atoms with Crippen LogP contribution in [0.25, 0.3) is 22.8 Å². The lowest BCUT2D eigenvalue weighted by atomic mass is 9.95. The zero-order chi connectivity index (χ0) is 28.5. The summed E-state index contributed by atoms with van der Waals surface area (Å²) in [5.41, 5.74) is 7.02. The predicted octanol–water partition coefficient (Wildman–Crippen LogP) is 7.58. The number of hydrogen-bond donors (Lipinski definition) is 4. The Morgan fingerprint density at radius 3 is 2.10 bits per heavy atom. The smallest absolute Gasteiger partial charge is 0.414 e. The summed E-state index contributed by atoms with van der Waals surface area (Å²) in [5.74, 6) is -3.65. The third-order valence-corrected chi connectivity index (χ3v) is 6.94. The number of halogens is 3. The van der Waals surface area contributed by atoms with Crippen molar-refractivity contribution in [2.24, 2.45) is 0 Å². The second-order valence-corrected chi connectivity index (χ2v) is 10.4. The average molecular weight is 591 g/mol. The minimum Gasteiger partial charge on any atom is -0.473 e. The van der Waals surface area contributed by atoms with Crippen molar-refractivity contribution in [2.75, 3.05) is 13.1 Å². The summed E-state index contributed by atoms with van der Waals surface area (Å²) in [7, 11) is 0. The van der Waals surface area contributed by atoms with Crippen LogP contribution in [0.15, 0.2) is 54.6 Å². The van der Waals surface area contributed by atoms with Crippen molar-refractivity contribution in [2.45, 2.75) is 38.7 Å². The summed E-state index contributed by atoms with van der Waals surface area (Å²) >= 11 is 19.0. The normalized spacial score (nSPS) is 13.3. The SMILES string of the molecule is CCCCCCNCC(O)c1cc(Cl)cc2c1-c1ccc(Cl)cc1/C2=C/c1ccc(Cl)cc1.O=C(O)C(=O)O. The van der Waals surface area contributed by atoms with E-state index in [-0.39, 0.29) is 0 Å².